The Morgan fingerprint density at radius 2 is 1.60 bits per heavy atom. The van der Waals surface area contributed by atoms with E-state index in [0.717, 1.165) is 0 Å². The normalized spacial score (nSPS) is 13.8. The lowest BCUT2D eigenvalue weighted by Crippen LogP contribution is -2.30. The van der Waals surface area contributed by atoms with Crippen molar-refractivity contribution in [2.75, 3.05) is 0 Å². The van der Waals surface area contributed by atoms with Gasteiger partial charge in [-0.1, -0.05) is 46.8 Å². The fourth-order valence-corrected chi connectivity index (χ4v) is 3.82. The van der Waals surface area contributed by atoms with Crippen molar-refractivity contribution < 1.29 is 0 Å². The molecule has 0 aromatic heterocycles. The predicted octanol–water partition coefficient (Wildman–Crippen LogP) is 3.50. The molecule has 1 heteroatoms. The SMILES string of the molecule is CCC(C)(C)[CH-][Si](C)(C)C. The molecule has 0 aliphatic rings. The molecule has 0 nitrogen and oxygen atoms in total. The molecule has 0 atom stereocenters. The standard InChI is InChI=1S/C9H21Si/c1-7-9(2,3)8-10(4,5)6/h8H,7H2,1-6H3/q-1. The van der Waals surface area contributed by atoms with Crippen LogP contribution in [-0.4, -0.2) is 8.07 Å². The highest BCUT2D eigenvalue weighted by molar-refractivity contribution is 6.79. The molecule has 0 N–H and O–H groups in total. The van der Waals surface area contributed by atoms with Gasteiger partial charge in [0.15, 0.2) is 0 Å². The monoisotopic (exact) mass is 157 g/mol. The van der Waals surface area contributed by atoms with E-state index in [1.165, 1.54) is 6.42 Å². The second-order valence-electron chi connectivity index (χ2n) is 4.85. The zero-order valence-electron chi connectivity index (χ0n) is 8.28. The van der Waals surface area contributed by atoms with E-state index < -0.39 is 8.07 Å². The van der Waals surface area contributed by atoms with Crippen molar-refractivity contribution in [1.82, 2.24) is 0 Å². The lowest BCUT2D eigenvalue weighted by Gasteiger charge is -2.42. The number of hydrogen-bond donors (Lipinski definition) is 0. The maximum absolute atomic E-state index is 2.57. The highest BCUT2D eigenvalue weighted by Crippen LogP contribution is 2.28. The second-order valence-corrected chi connectivity index (χ2v) is 9.87. The van der Waals surface area contributed by atoms with Crippen molar-refractivity contribution in [2.45, 2.75) is 46.8 Å². The van der Waals surface area contributed by atoms with Crippen LogP contribution in [0, 0.1) is 11.5 Å². The third kappa shape index (κ3) is 5.04. The van der Waals surface area contributed by atoms with E-state index in [-0.39, 0.29) is 0 Å². The van der Waals surface area contributed by atoms with Gasteiger partial charge < -0.3 is 6.04 Å². The van der Waals surface area contributed by atoms with Crippen LogP contribution in [0.15, 0.2) is 0 Å². The van der Waals surface area contributed by atoms with Crippen LogP contribution in [0.3, 0.4) is 0 Å². The summed E-state index contributed by atoms with van der Waals surface area (Å²) in [6.07, 6.45) is 1.26. The molecular formula is C9H21Si-. The summed E-state index contributed by atoms with van der Waals surface area (Å²) in [5.74, 6) is 0. The molecule has 10 heavy (non-hydrogen) atoms. The molecule has 0 amide bonds. The molecule has 0 fully saturated rings. The van der Waals surface area contributed by atoms with Crippen molar-refractivity contribution in [3.8, 4) is 0 Å². The van der Waals surface area contributed by atoms with E-state index in [2.05, 4.69) is 46.5 Å². The van der Waals surface area contributed by atoms with Gasteiger partial charge in [0.2, 0.25) is 0 Å². The van der Waals surface area contributed by atoms with Gasteiger partial charge in [0, 0.05) is 0 Å². The predicted molar refractivity (Wildman–Crippen MR) is 51.7 cm³/mol. The fourth-order valence-electron chi connectivity index (χ4n) is 1.27. The van der Waals surface area contributed by atoms with E-state index in [9.17, 15) is 0 Å². The molecule has 0 unspecified atom stereocenters. The smallest absolute Gasteiger partial charge is 0.0673 e. The zero-order valence-corrected chi connectivity index (χ0v) is 9.28. The van der Waals surface area contributed by atoms with Gasteiger partial charge in [-0.25, -0.2) is 0 Å². The summed E-state index contributed by atoms with van der Waals surface area (Å²) in [7, 11) is -0.939. The Labute approximate surface area is 67.0 Å². The molecule has 0 rings (SSSR count). The Bertz CT molecular complexity index is 97.8. The summed E-state index contributed by atoms with van der Waals surface area (Å²) in [4.78, 5) is 0. The molecule has 62 valence electrons. The van der Waals surface area contributed by atoms with Crippen molar-refractivity contribution in [2.24, 2.45) is 5.41 Å². The van der Waals surface area contributed by atoms with Crippen molar-refractivity contribution >= 4 is 8.07 Å². The highest BCUT2D eigenvalue weighted by atomic mass is 28.3. The molecule has 0 saturated carbocycles. The largest absolute Gasteiger partial charge is 0.322 e. The maximum Gasteiger partial charge on any atom is -0.0673 e. The first-order chi connectivity index (χ1) is 4.27. The Morgan fingerprint density at radius 1 is 1.20 bits per heavy atom. The molecule has 0 aliphatic carbocycles. The Hall–Kier alpha value is 0.217. The van der Waals surface area contributed by atoms with Crippen LogP contribution >= 0.6 is 0 Å². The second kappa shape index (κ2) is 3.08. The molecular weight excluding hydrogens is 136 g/mol. The van der Waals surface area contributed by atoms with Crippen LogP contribution in [0.4, 0.5) is 0 Å². The quantitative estimate of drug-likeness (QED) is 0.434. The Balaban J connectivity index is 3.89. The van der Waals surface area contributed by atoms with E-state index in [4.69, 9.17) is 0 Å². The van der Waals surface area contributed by atoms with E-state index in [1.807, 2.05) is 0 Å². The lowest BCUT2D eigenvalue weighted by atomic mass is 9.93. The molecule has 0 heterocycles. The number of rotatable bonds is 3. The van der Waals surface area contributed by atoms with Crippen LogP contribution in [0.5, 0.6) is 0 Å². The summed E-state index contributed by atoms with van der Waals surface area (Å²) < 4.78 is 0. The van der Waals surface area contributed by atoms with Gasteiger partial charge in [-0.3, -0.25) is 0 Å². The molecule has 0 aromatic carbocycles. The fraction of sp³-hybridized carbons (Fsp3) is 0.889. The summed E-state index contributed by atoms with van der Waals surface area (Å²) in [5.41, 5.74) is 0.463. The molecule has 0 aromatic rings. The minimum absolute atomic E-state index is 0.463. The summed E-state index contributed by atoms with van der Waals surface area (Å²) in [6, 6.07) is 2.57. The average molecular weight is 157 g/mol. The first-order valence-electron chi connectivity index (χ1n) is 4.14. The molecule has 0 saturated heterocycles. The van der Waals surface area contributed by atoms with E-state index >= 15 is 0 Å². The van der Waals surface area contributed by atoms with Gasteiger partial charge in [-0.15, -0.1) is 8.07 Å². The molecule has 0 spiro atoms. The molecule has 0 aliphatic heterocycles. The van der Waals surface area contributed by atoms with Gasteiger partial charge in [-0.05, 0) is 0 Å². The van der Waals surface area contributed by atoms with E-state index in [0.29, 0.717) is 5.41 Å². The summed E-state index contributed by atoms with van der Waals surface area (Å²) in [6.45, 7) is 14.1. The summed E-state index contributed by atoms with van der Waals surface area (Å²) in [5, 5.41) is 0. The van der Waals surface area contributed by atoms with Crippen molar-refractivity contribution in [3.05, 3.63) is 6.04 Å². The van der Waals surface area contributed by atoms with E-state index in [1.54, 1.807) is 0 Å². The van der Waals surface area contributed by atoms with Crippen LogP contribution < -0.4 is 0 Å². The van der Waals surface area contributed by atoms with Gasteiger partial charge >= 0.3 is 0 Å². The van der Waals surface area contributed by atoms with Crippen LogP contribution in [0.1, 0.15) is 27.2 Å². The van der Waals surface area contributed by atoms with Crippen LogP contribution in [-0.2, 0) is 0 Å². The number of hydrogen-bond acceptors (Lipinski definition) is 0. The first kappa shape index (κ1) is 10.2. The maximum atomic E-state index is 2.57. The lowest BCUT2D eigenvalue weighted by molar-refractivity contribution is 0.440. The minimum Gasteiger partial charge on any atom is -0.322 e. The van der Waals surface area contributed by atoms with Gasteiger partial charge in [0.05, 0.1) is 0 Å². The molecule has 0 bridgehead atoms. The Kier molecular flexibility index (Phi) is 3.15. The minimum atomic E-state index is -0.939. The van der Waals surface area contributed by atoms with Crippen LogP contribution in [0.2, 0.25) is 19.6 Å². The average Bonchev–Trinajstić information content (AvgIpc) is 1.60. The van der Waals surface area contributed by atoms with Gasteiger partial charge in [-0.2, -0.15) is 5.41 Å². The zero-order chi connectivity index (χ0) is 8.41. The summed E-state index contributed by atoms with van der Waals surface area (Å²) >= 11 is 0. The first-order valence-corrected chi connectivity index (χ1v) is 7.72. The molecule has 0 radical (unpaired) electrons. The van der Waals surface area contributed by atoms with Gasteiger partial charge in [0.25, 0.3) is 0 Å². The van der Waals surface area contributed by atoms with Crippen LogP contribution in [0.25, 0.3) is 0 Å². The highest BCUT2D eigenvalue weighted by Gasteiger charge is 2.12. The third-order valence-electron chi connectivity index (χ3n) is 1.73. The van der Waals surface area contributed by atoms with Gasteiger partial charge in [0.1, 0.15) is 0 Å². The third-order valence-corrected chi connectivity index (χ3v) is 3.38. The Morgan fingerprint density at radius 3 is 1.70 bits per heavy atom. The van der Waals surface area contributed by atoms with Crippen molar-refractivity contribution in [1.29, 1.82) is 0 Å². The van der Waals surface area contributed by atoms with Crippen molar-refractivity contribution in [3.63, 3.8) is 0 Å². The topological polar surface area (TPSA) is 0 Å².